The molecule has 1 aromatic rings. The Kier molecular flexibility index (Phi) is 7.14. The standard InChI is InChI=1S/C17H24O7/c1-19-12-7-5-11(6-8-12)10-23-14-13(9-18)24-17(22-4)16(21-3)15(14)20-2/h5-9,13-17H,10H2,1-4H3/t13-,14-,15+,16-,17-/m1/s1. The van der Waals surface area contributed by atoms with Gasteiger partial charge < -0.3 is 33.2 Å². The van der Waals surface area contributed by atoms with E-state index < -0.39 is 30.7 Å². The minimum absolute atomic E-state index is 0.302. The van der Waals surface area contributed by atoms with Crippen LogP contribution in [0.25, 0.3) is 0 Å². The number of carbonyl (C=O) groups excluding carboxylic acids is 1. The van der Waals surface area contributed by atoms with Crippen LogP contribution in [-0.4, -0.2) is 65.4 Å². The van der Waals surface area contributed by atoms with Gasteiger partial charge in [0.2, 0.25) is 0 Å². The third-order valence-corrected chi connectivity index (χ3v) is 4.04. The van der Waals surface area contributed by atoms with Gasteiger partial charge in [0.1, 0.15) is 30.2 Å². The van der Waals surface area contributed by atoms with Crippen LogP contribution in [0.4, 0.5) is 0 Å². The minimum Gasteiger partial charge on any atom is -0.497 e. The molecule has 7 heteroatoms. The first kappa shape index (κ1) is 18.8. The Morgan fingerprint density at radius 3 is 2.12 bits per heavy atom. The van der Waals surface area contributed by atoms with Gasteiger partial charge in [0, 0.05) is 21.3 Å². The number of hydrogen-bond acceptors (Lipinski definition) is 7. The fraction of sp³-hybridized carbons (Fsp3) is 0.588. The average molecular weight is 340 g/mol. The van der Waals surface area contributed by atoms with Gasteiger partial charge in [-0.3, -0.25) is 0 Å². The molecule has 0 radical (unpaired) electrons. The van der Waals surface area contributed by atoms with Crippen molar-refractivity contribution in [1.82, 2.24) is 0 Å². The molecule has 0 amide bonds. The minimum atomic E-state index is -0.801. The summed E-state index contributed by atoms with van der Waals surface area (Å²) in [4.78, 5) is 11.4. The number of ether oxygens (including phenoxy) is 6. The molecule has 0 spiro atoms. The highest BCUT2D eigenvalue weighted by atomic mass is 16.7. The van der Waals surface area contributed by atoms with Crippen molar-refractivity contribution in [3.63, 3.8) is 0 Å². The van der Waals surface area contributed by atoms with Crippen molar-refractivity contribution in [2.45, 2.75) is 37.3 Å². The summed E-state index contributed by atoms with van der Waals surface area (Å²) in [6.07, 6.45) is -2.41. The van der Waals surface area contributed by atoms with E-state index in [0.29, 0.717) is 12.9 Å². The molecule has 5 atom stereocenters. The van der Waals surface area contributed by atoms with Gasteiger partial charge in [0.15, 0.2) is 12.6 Å². The second kappa shape index (κ2) is 9.10. The van der Waals surface area contributed by atoms with Crippen molar-refractivity contribution in [3.05, 3.63) is 29.8 Å². The fourth-order valence-electron chi connectivity index (χ4n) is 2.76. The monoisotopic (exact) mass is 340 g/mol. The molecule has 134 valence electrons. The number of rotatable bonds is 8. The van der Waals surface area contributed by atoms with Crippen LogP contribution in [0.1, 0.15) is 5.56 Å². The van der Waals surface area contributed by atoms with Crippen LogP contribution in [0.3, 0.4) is 0 Å². The first-order chi connectivity index (χ1) is 11.7. The topological polar surface area (TPSA) is 72.5 Å². The fourth-order valence-corrected chi connectivity index (χ4v) is 2.76. The van der Waals surface area contributed by atoms with E-state index in [1.807, 2.05) is 24.3 Å². The predicted molar refractivity (Wildman–Crippen MR) is 84.9 cm³/mol. The van der Waals surface area contributed by atoms with Crippen LogP contribution < -0.4 is 4.74 Å². The molecule has 0 N–H and O–H groups in total. The van der Waals surface area contributed by atoms with E-state index in [9.17, 15) is 4.79 Å². The molecule has 0 aromatic heterocycles. The first-order valence-electron chi connectivity index (χ1n) is 7.62. The summed E-state index contributed by atoms with van der Waals surface area (Å²) in [5.41, 5.74) is 0.943. The molecular formula is C17H24O7. The van der Waals surface area contributed by atoms with Crippen LogP contribution in [0, 0.1) is 0 Å². The molecule has 2 rings (SSSR count). The van der Waals surface area contributed by atoms with Gasteiger partial charge in [-0.05, 0) is 17.7 Å². The molecule has 1 aliphatic heterocycles. The Bertz CT molecular complexity index is 504. The van der Waals surface area contributed by atoms with Gasteiger partial charge in [-0.25, -0.2) is 0 Å². The van der Waals surface area contributed by atoms with Crippen molar-refractivity contribution in [3.8, 4) is 5.75 Å². The molecule has 0 bridgehead atoms. The third-order valence-electron chi connectivity index (χ3n) is 4.04. The zero-order chi connectivity index (χ0) is 17.5. The number of aldehydes is 1. The summed E-state index contributed by atoms with van der Waals surface area (Å²) in [6.45, 7) is 0.302. The van der Waals surface area contributed by atoms with Crippen molar-refractivity contribution >= 4 is 6.29 Å². The van der Waals surface area contributed by atoms with Gasteiger partial charge in [-0.2, -0.15) is 0 Å². The van der Waals surface area contributed by atoms with Gasteiger partial charge >= 0.3 is 0 Å². The largest absolute Gasteiger partial charge is 0.497 e. The van der Waals surface area contributed by atoms with E-state index in [1.54, 1.807) is 14.2 Å². The Labute approximate surface area is 141 Å². The van der Waals surface area contributed by atoms with E-state index in [0.717, 1.165) is 11.3 Å². The predicted octanol–water partition coefficient (Wildman–Crippen LogP) is 1.18. The second-order valence-electron chi connectivity index (χ2n) is 5.37. The van der Waals surface area contributed by atoms with Crippen molar-refractivity contribution < 1.29 is 33.2 Å². The highest BCUT2D eigenvalue weighted by Crippen LogP contribution is 2.28. The lowest BCUT2D eigenvalue weighted by Gasteiger charge is -2.43. The highest BCUT2D eigenvalue weighted by Gasteiger charge is 2.47. The summed E-state index contributed by atoms with van der Waals surface area (Å²) in [6, 6.07) is 7.48. The molecule has 0 unspecified atom stereocenters. The summed E-state index contributed by atoms with van der Waals surface area (Å²) in [5, 5.41) is 0. The summed E-state index contributed by atoms with van der Waals surface area (Å²) in [5.74, 6) is 0.766. The smallest absolute Gasteiger partial charge is 0.187 e. The molecule has 0 saturated carbocycles. The Morgan fingerprint density at radius 2 is 1.62 bits per heavy atom. The number of benzene rings is 1. The Morgan fingerprint density at radius 1 is 0.958 bits per heavy atom. The van der Waals surface area contributed by atoms with Gasteiger partial charge in [0.05, 0.1) is 13.7 Å². The lowest BCUT2D eigenvalue weighted by Crippen LogP contribution is -2.60. The molecule has 1 aromatic carbocycles. The molecule has 1 heterocycles. The average Bonchev–Trinajstić information content (AvgIpc) is 2.65. The molecule has 1 fully saturated rings. The molecule has 1 saturated heterocycles. The van der Waals surface area contributed by atoms with Crippen LogP contribution in [0.5, 0.6) is 5.75 Å². The van der Waals surface area contributed by atoms with E-state index in [-0.39, 0.29) is 0 Å². The van der Waals surface area contributed by atoms with E-state index in [1.165, 1.54) is 14.2 Å². The van der Waals surface area contributed by atoms with Crippen molar-refractivity contribution in [2.24, 2.45) is 0 Å². The van der Waals surface area contributed by atoms with E-state index in [4.69, 9.17) is 28.4 Å². The molecule has 24 heavy (non-hydrogen) atoms. The molecule has 7 nitrogen and oxygen atoms in total. The summed E-state index contributed by atoms with van der Waals surface area (Å²) in [7, 11) is 6.18. The molecular weight excluding hydrogens is 316 g/mol. The van der Waals surface area contributed by atoms with E-state index >= 15 is 0 Å². The SMILES string of the molecule is COc1ccc(CO[C@H]2[C@H](OC)[C@@H](OC)[C@H](OC)O[C@@H]2C=O)cc1. The van der Waals surface area contributed by atoms with Gasteiger partial charge in [0.25, 0.3) is 0 Å². The third kappa shape index (κ3) is 4.12. The number of carbonyl (C=O) groups is 1. The maximum atomic E-state index is 11.4. The molecule has 1 aliphatic rings. The zero-order valence-corrected chi connectivity index (χ0v) is 14.3. The first-order valence-corrected chi connectivity index (χ1v) is 7.62. The Hall–Kier alpha value is -1.51. The van der Waals surface area contributed by atoms with Gasteiger partial charge in [-0.1, -0.05) is 12.1 Å². The van der Waals surface area contributed by atoms with Crippen molar-refractivity contribution in [1.29, 1.82) is 0 Å². The zero-order valence-electron chi connectivity index (χ0n) is 14.3. The quantitative estimate of drug-likeness (QED) is 0.658. The normalized spacial score (nSPS) is 30.1. The lowest BCUT2D eigenvalue weighted by atomic mass is 9.98. The van der Waals surface area contributed by atoms with Crippen molar-refractivity contribution in [2.75, 3.05) is 28.4 Å². The highest BCUT2D eigenvalue weighted by molar-refractivity contribution is 5.57. The van der Waals surface area contributed by atoms with E-state index in [2.05, 4.69) is 0 Å². The lowest BCUT2D eigenvalue weighted by molar-refractivity contribution is -0.298. The Balaban J connectivity index is 2.10. The molecule has 0 aliphatic carbocycles. The maximum absolute atomic E-state index is 11.4. The summed E-state index contributed by atoms with van der Waals surface area (Å²) >= 11 is 0. The number of methoxy groups -OCH3 is 4. The van der Waals surface area contributed by atoms with Crippen LogP contribution in [-0.2, 0) is 35.1 Å². The number of hydrogen-bond donors (Lipinski definition) is 0. The van der Waals surface area contributed by atoms with Crippen LogP contribution in [0.2, 0.25) is 0 Å². The van der Waals surface area contributed by atoms with Crippen LogP contribution >= 0.6 is 0 Å². The summed E-state index contributed by atoms with van der Waals surface area (Å²) < 4.78 is 32.8. The van der Waals surface area contributed by atoms with Crippen LogP contribution in [0.15, 0.2) is 24.3 Å². The maximum Gasteiger partial charge on any atom is 0.187 e. The second-order valence-corrected chi connectivity index (χ2v) is 5.37. The van der Waals surface area contributed by atoms with Gasteiger partial charge in [-0.15, -0.1) is 0 Å².